The molecule has 3 aromatic rings. The number of aromatic nitrogens is 1. The first-order chi connectivity index (χ1) is 13.7. The van der Waals surface area contributed by atoms with Crippen molar-refractivity contribution >= 4 is 5.91 Å². The summed E-state index contributed by atoms with van der Waals surface area (Å²) in [4.78, 5) is 19.5. The molecular formula is C23H24N2O3. The Hall–Kier alpha value is -3.08. The fraction of sp³-hybridized carbons (Fsp3) is 0.304. The smallest absolute Gasteiger partial charge is 0.254 e. The van der Waals surface area contributed by atoms with Gasteiger partial charge in [0.25, 0.3) is 5.91 Å². The van der Waals surface area contributed by atoms with E-state index in [4.69, 9.17) is 9.15 Å². The molecule has 5 heteroatoms. The van der Waals surface area contributed by atoms with Crippen LogP contribution in [0.15, 0.2) is 59.1 Å². The summed E-state index contributed by atoms with van der Waals surface area (Å²) in [6, 6.07) is 15.2. The van der Waals surface area contributed by atoms with Gasteiger partial charge in [-0.1, -0.05) is 19.1 Å². The van der Waals surface area contributed by atoms with E-state index in [2.05, 4.69) is 11.9 Å². The van der Waals surface area contributed by atoms with E-state index in [0.29, 0.717) is 23.1 Å². The minimum Gasteiger partial charge on any atom is -0.497 e. The van der Waals surface area contributed by atoms with Crippen LogP contribution in [0.1, 0.15) is 30.1 Å². The van der Waals surface area contributed by atoms with Crippen molar-refractivity contribution < 1.29 is 13.9 Å². The molecule has 0 saturated carbocycles. The standard InChI is InChI=1S/C23H24N2O3/c1-16-11-13-25(14-12-16)23(26)20-6-4-3-5-19(20)22-24-15-21(28-22)17-7-9-18(27-2)10-8-17/h3-10,15-16H,11-14H2,1-2H3. The number of carbonyl (C=O) groups is 1. The average Bonchev–Trinajstić information content (AvgIpc) is 3.24. The number of rotatable bonds is 4. The molecule has 144 valence electrons. The van der Waals surface area contributed by atoms with Crippen molar-refractivity contribution in [3.8, 4) is 28.5 Å². The maximum absolute atomic E-state index is 13.1. The van der Waals surface area contributed by atoms with Crippen LogP contribution in [0.5, 0.6) is 5.75 Å². The average molecular weight is 376 g/mol. The van der Waals surface area contributed by atoms with Gasteiger partial charge in [-0.05, 0) is 55.2 Å². The van der Waals surface area contributed by atoms with Crippen molar-refractivity contribution in [3.63, 3.8) is 0 Å². The lowest BCUT2D eigenvalue weighted by atomic mass is 9.98. The van der Waals surface area contributed by atoms with E-state index in [-0.39, 0.29) is 5.91 Å². The summed E-state index contributed by atoms with van der Waals surface area (Å²) in [5, 5.41) is 0. The maximum atomic E-state index is 13.1. The number of hydrogen-bond acceptors (Lipinski definition) is 4. The highest BCUT2D eigenvalue weighted by Crippen LogP contribution is 2.30. The van der Waals surface area contributed by atoms with Gasteiger partial charge in [0.05, 0.1) is 18.9 Å². The summed E-state index contributed by atoms with van der Waals surface area (Å²) in [6.07, 6.45) is 3.80. The molecule has 28 heavy (non-hydrogen) atoms. The summed E-state index contributed by atoms with van der Waals surface area (Å²) in [5.41, 5.74) is 2.28. The largest absolute Gasteiger partial charge is 0.497 e. The van der Waals surface area contributed by atoms with E-state index < -0.39 is 0 Å². The Morgan fingerprint density at radius 2 is 1.82 bits per heavy atom. The highest BCUT2D eigenvalue weighted by Gasteiger charge is 2.24. The lowest BCUT2D eigenvalue weighted by Gasteiger charge is -2.30. The zero-order chi connectivity index (χ0) is 19.5. The zero-order valence-electron chi connectivity index (χ0n) is 16.2. The second kappa shape index (κ2) is 7.89. The quantitative estimate of drug-likeness (QED) is 0.651. The van der Waals surface area contributed by atoms with Crippen LogP contribution in [0, 0.1) is 5.92 Å². The summed E-state index contributed by atoms with van der Waals surface area (Å²) >= 11 is 0. The molecule has 1 aliphatic heterocycles. The van der Waals surface area contributed by atoms with E-state index in [0.717, 1.165) is 42.8 Å². The van der Waals surface area contributed by atoms with Crippen molar-refractivity contribution in [2.75, 3.05) is 20.2 Å². The van der Waals surface area contributed by atoms with Crippen molar-refractivity contribution in [1.82, 2.24) is 9.88 Å². The van der Waals surface area contributed by atoms with Crippen molar-refractivity contribution in [1.29, 1.82) is 0 Å². The number of methoxy groups -OCH3 is 1. The molecule has 4 rings (SSSR count). The van der Waals surface area contributed by atoms with Crippen LogP contribution < -0.4 is 4.74 Å². The van der Waals surface area contributed by atoms with Gasteiger partial charge < -0.3 is 14.1 Å². The molecule has 1 aromatic heterocycles. The van der Waals surface area contributed by atoms with Gasteiger partial charge in [-0.3, -0.25) is 4.79 Å². The van der Waals surface area contributed by atoms with Crippen LogP contribution in [0.3, 0.4) is 0 Å². The summed E-state index contributed by atoms with van der Waals surface area (Å²) in [5.74, 6) is 2.63. The van der Waals surface area contributed by atoms with Crippen LogP contribution in [0.25, 0.3) is 22.8 Å². The third-order valence-electron chi connectivity index (χ3n) is 5.34. The van der Waals surface area contributed by atoms with E-state index in [1.54, 1.807) is 13.3 Å². The Kier molecular flexibility index (Phi) is 5.15. The van der Waals surface area contributed by atoms with Gasteiger partial charge in [-0.15, -0.1) is 0 Å². The number of hydrogen-bond donors (Lipinski definition) is 0. The second-order valence-corrected chi connectivity index (χ2v) is 7.28. The summed E-state index contributed by atoms with van der Waals surface area (Å²) in [7, 11) is 1.64. The first-order valence-corrected chi connectivity index (χ1v) is 9.64. The topological polar surface area (TPSA) is 55.6 Å². The lowest BCUT2D eigenvalue weighted by Crippen LogP contribution is -2.38. The minimum absolute atomic E-state index is 0.0479. The Labute approximate surface area is 165 Å². The third-order valence-corrected chi connectivity index (χ3v) is 5.34. The van der Waals surface area contributed by atoms with Crippen LogP contribution in [-0.2, 0) is 0 Å². The highest BCUT2D eigenvalue weighted by atomic mass is 16.5. The number of benzene rings is 2. The molecule has 0 spiro atoms. The van der Waals surface area contributed by atoms with Crippen LogP contribution in [0.2, 0.25) is 0 Å². The van der Waals surface area contributed by atoms with Gasteiger partial charge in [-0.25, -0.2) is 4.98 Å². The monoisotopic (exact) mass is 376 g/mol. The molecule has 0 bridgehead atoms. The molecule has 1 aliphatic rings. The number of carbonyl (C=O) groups excluding carboxylic acids is 1. The van der Waals surface area contributed by atoms with Gasteiger partial charge in [0.1, 0.15) is 5.75 Å². The van der Waals surface area contributed by atoms with Gasteiger partial charge in [0, 0.05) is 24.2 Å². The Morgan fingerprint density at radius 1 is 1.11 bits per heavy atom. The van der Waals surface area contributed by atoms with Crippen molar-refractivity contribution in [3.05, 3.63) is 60.3 Å². The Morgan fingerprint density at radius 3 is 2.54 bits per heavy atom. The Bertz CT molecular complexity index is 954. The molecule has 2 heterocycles. The van der Waals surface area contributed by atoms with Crippen molar-refractivity contribution in [2.45, 2.75) is 19.8 Å². The van der Waals surface area contributed by atoms with Crippen LogP contribution >= 0.6 is 0 Å². The fourth-order valence-corrected chi connectivity index (χ4v) is 3.53. The molecule has 0 N–H and O–H groups in total. The Balaban J connectivity index is 1.61. The van der Waals surface area contributed by atoms with E-state index >= 15 is 0 Å². The molecule has 0 atom stereocenters. The highest BCUT2D eigenvalue weighted by molar-refractivity contribution is 6.00. The summed E-state index contributed by atoms with van der Waals surface area (Å²) in [6.45, 7) is 3.84. The second-order valence-electron chi connectivity index (χ2n) is 7.28. The minimum atomic E-state index is 0.0479. The number of piperidine rings is 1. The predicted octanol–water partition coefficient (Wildman–Crippen LogP) is 4.89. The molecule has 1 amide bonds. The van der Waals surface area contributed by atoms with Gasteiger partial charge >= 0.3 is 0 Å². The van der Waals surface area contributed by atoms with E-state index in [1.807, 2.05) is 53.4 Å². The maximum Gasteiger partial charge on any atom is 0.254 e. The van der Waals surface area contributed by atoms with Crippen LogP contribution in [0.4, 0.5) is 0 Å². The number of ether oxygens (including phenoxy) is 1. The molecule has 0 aliphatic carbocycles. The fourth-order valence-electron chi connectivity index (χ4n) is 3.53. The number of amides is 1. The number of likely N-dealkylation sites (tertiary alicyclic amines) is 1. The molecule has 1 saturated heterocycles. The van der Waals surface area contributed by atoms with Gasteiger partial charge in [0.15, 0.2) is 5.76 Å². The summed E-state index contributed by atoms with van der Waals surface area (Å²) < 4.78 is 11.2. The molecule has 0 unspecified atom stereocenters. The predicted molar refractivity (Wildman–Crippen MR) is 108 cm³/mol. The van der Waals surface area contributed by atoms with Gasteiger partial charge in [0.2, 0.25) is 5.89 Å². The van der Waals surface area contributed by atoms with E-state index in [9.17, 15) is 4.79 Å². The third kappa shape index (κ3) is 3.65. The molecule has 0 radical (unpaired) electrons. The molecule has 1 fully saturated rings. The first-order valence-electron chi connectivity index (χ1n) is 9.64. The molecular weight excluding hydrogens is 352 g/mol. The van der Waals surface area contributed by atoms with Crippen molar-refractivity contribution in [2.24, 2.45) is 5.92 Å². The van der Waals surface area contributed by atoms with Gasteiger partial charge in [-0.2, -0.15) is 0 Å². The zero-order valence-corrected chi connectivity index (χ0v) is 16.2. The van der Waals surface area contributed by atoms with E-state index in [1.165, 1.54) is 0 Å². The first kappa shape index (κ1) is 18.3. The number of nitrogens with zero attached hydrogens (tertiary/aromatic N) is 2. The molecule has 5 nitrogen and oxygen atoms in total. The number of oxazole rings is 1. The van der Waals surface area contributed by atoms with Crippen LogP contribution in [-0.4, -0.2) is 36.0 Å². The lowest BCUT2D eigenvalue weighted by molar-refractivity contribution is 0.0698. The SMILES string of the molecule is COc1ccc(-c2cnc(-c3ccccc3C(=O)N3CCC(C)CC3)o2)cc1. The normalized spacial score (nSPS) is 14.9. The molecule has 2 aromatic carbocycles.